The summed E-state index contributed by atoms with van der Waals surface area (Å²) in [6.07, 6.45) is 1.03. The van der Waals surface area contributed by atoms with Crippen molar-refractivity contribution in [2.45, 2.75) is 20.3 Å². The molecular formula is C17H17ClO. The normalized spacial score (nSPS) is 10.7. The maximum atomic E-state index is 12.3. The molecule has 0 radical (unpaired) electrons. The van der Waals surface area contributed by atoms with Gasteiger partial charge in [-0.3, -0.25) is 4.79 Å². The maximum absolute atomic E-state index is 12.3. The van der Waals surface area contributed by atoms with Gasteiger partial charge in [-0.2, -0.15) is 0 Å². The maximum Gasteiger partial charge on any atom is 0.194 e. The third-order valence-corrected chi connectivity index (χ3v) is 3.31. The molecule has 0 amide bonds. The van der Waals surface area contributed by atoms with E-state index in [4.69, 9.17) is 11.6 Å². The summed E-state index contributed by atoms with van der Waals surface area (Å²) in [6.45, 7) is 4.37. The highest BCUT2D eigenvalue weighted by atomic mass is 35.5. The standard InChI is InChI=1S/C17H17ClO/c1-12(2)11-13-7-9-14(10-8-13)17(19)15-5-3-4-6-16(15)18/h3-10,12H,11H2,1-2H3. The van der Waals surface area contributed by atoms with Gasteiger partial charge >= 0.3 is 0 Å². The van der Waals surface area contributed by atoms with Crippen LogP contribution in [0.1, 0.15) is 35.3 Å². The van der Waals surface area contributed by atoms with E-state index in [0.717, 1.165) is 6.42 Å². The molecule has 0 spiro atoms. The van der Waals surface area contributed by atoms with E-state index in [2.05, 4.69) is 13.8 Å². The molecule has 0 aliphatic heterocycles. The number of ketones is 1. The summed E-state index contributed by atoms with van der Waals surface area (Å²) in [6, 6.07) is 14.9. The van der Waals surface area contributed by atoms with Crippen molar-refractivity contribution in [1.82, 2.24) is 0 Å². The fourth-order valence-corrected chi connectivity index (χ4v) is 2.29. The van der Waals surface area contributed by atoms with Crippen LogP contribution in [0.3, 0.4) is 0 Å². The van der Waals surface area contributed by atoms with E-state index >= 15 is 0 Å². The highest BCUT2D eigenvalue weighted by Crippen LogP contribution is 2.19. The predicted octanol–water partition coefficient (Wildman–Crippen LogP) is 4.77. The SMILES string of the molecule is CC(C)Cc1ccc(C(=O)c2ccccc2Cl)cc1. The zero-order chi connectivity index (χ0) is 13.8. The molecule has 19 heavy (non-hydrogen) atoms. The molecule has 0 unspecified atom stereocenters. The number of carbonyl (C=O) groups excluding carboxylic acids is 1. The average Bonchev–Trinajstić information content (AvgIpc) is 2.39. The molecule has 2 aromatic rings. The molecule has 2 heteroatoms. The van der Waals surface area contributed by atoms with Crippen molar-refractivity contribution in [3.05, 3.63) is 70.2 Å². The van der Waals surface area contributed by atoms with Crippen LogP contribution in [0.15, 0.2) is 48.5 Å². The topological polar surface area (TPSA) is 17.1 Å². The van der Waals surface area contributed by atoms with Gasteiger partial charge in [0.15, 0.2) is 5.78 Å². The van der Waals surface area contributed by atoms with Gasteiger partial charge in [-0.05, 0) is 30.0 Å². The van der Waals surface area contributed by atoms with E-state index in [1.54, 1.807) is 12.1 Å². The predicted molar refractivity (Wildman–Crippen MR) is 79.9 cm³/mol. The van der Waals surface area contributed by atoms with Crippen molar-refractivity contribution in [1.29, 1.82) is 0 Å². The number of hydrogen-bond donors (Lipinski definition) is 0. The minimum atomic E-state index is -0.0262. The van der Waals surface area contributed by atoms with Gasteiger partial charge < -0.3 is 0 Å². The molecule has 0 heterocycles. The molecule has 0 bridgehead atoms. The molecular weight excluding hydrogens is 256 g/mol. The molecule has 0 aliphatic rings. The lowest BCUT2D eigenvalue weighted by atomic mass is 9.98. The highest BCUT2D eigenvalue weighted by molar-refractivity contribution is 6.34. The van der Waals surface area contributed by atoms with E-state index < -0.39 is 0 Å². The van der Waals surface area contributed by atoms with Gasteiger partial charge in [0.05, 0.1) is 5.02 Å². The Labute approximate surface area is 119 Å². The first-order chi connectivity index (χ1) is 9.08. The molecule has 0 N–H and O–H groups in total. The van der Waals surface area contributed by atoms with Gasteiger partial charge in [0.1, 0.15) is 0 Å². The average molecular weight is 273 g/mol. The summed E-state index contributed by atoms with van der Waals surface area (Å²) in [5.41, 5.74) is 2.49. The van der Waals surface area contributed by atoms with Gasteiger partial charge in [0.25, 0.3) is 0 Å². The van der Waals surface area contributed by atoms with E-state index in [0.29, 0.717) is 22.1 Å². The molecule has 1 nitrogen and oxygen atoms in total. The summed E-state index contributed by atoms with van der Waals surface area (Å²) < 4.78 is 0. The first-order valence-corrected chi connectivity index (χ1v) is 6.84. The zero-order valence-electron chi connectivity index (χ0n) is 11.2. The summed E-state index contributed by atoms with van der Waals surface area (Å²) in [5.74, 6) is 0.590. The third-order valence-electron chi connectivity index (χ3n) is 2.98. The quantitative estimate of drug-likeness (QED) is 0.733. The van der Waals surface area contributed by atoms with Crippen LogP contribution in [0.5, 0.6) is 0 Å². The molecule has 2 aromatic carbocycles. The molecule has 0 atom stereocenters. The number of benzene rings is 2. The smallest absolute Gasteiger partial charge is 0.194 e. The largest absolute Gasteiger partial charge is 0.289 e. The lowest BCUT2D eigenvalue weighted by molar-refractivity contribution is 0.103. The number of halogens is 1. The Morgan fingerprint density at radius 2 is 1.68 bits per heavy atom. The number of carbonyl (C=O) groups is 1. The van der Waals surface area contributed by atoms with Gasteiger partial charge in [-0.15, -0.1) is 0 Å². The Bertz CT molecular complexity index is 570. The van der Waals surface area contributed by atoms with Crippen molar-refractivity contribution < 1.29 is 4.79 Å². The summed E-state index contributed by atoms with van der Waals surface area (Å²) in [4.78, 5) is 12.3. The van der Waals surface area contributed by atoms with Gasteiger partial charge in [-0.1, -0.05) is 61.8 Å². The van der Waals surface area contributed by atoms with Gasteiger partial charge in [-0.25, -0.2) is 0 Å². The van der Waals surface area contributed by atoms with Crippen molar-refractivity contribution in [2.75, 3.05) is 0 Å². The second-order valence-electron chi connectivity index (χ2n) is 5.10. The van der Waals surface area contributed by atoms with Crippen molar-refractivity contribution in [3.63, 3.8) is 0 Å². The Hall–Kier alpha value is -1.60. The van der Waals surface area contributed by atoms with E-state index in [-0.39, 0.29) is 5.78 Å². The second kappa shape index (κ2) is 6.03. The monoisotopic (exact) mass is 272 g/mol. The first-order valence-electron chi connectivity index (χ1n) is 6.46. The molecule has 0 saturated carbocycles. The fraction of sp³-hybridized carbons (Fsp3) is 0.235. The van der Waals surface area contributed by atoms with Crippen LogP contribution in [0.4, 0.5) is 0 Å². The lowest BCUT2D eigenvalue weighted by Gasteiger charge is -2.07. The first kappa shape index (κ1) is 13.8. The van der Waals surface area contributed by atoms with Crippen LogP contribution in [0.25, 0.3) is 0 Å². The molecule has 0 saturated heterocycles. The Balaban J connectivity index is 2.23. The molecule has 0 aromatic heterocycles. The van der Waals surface area contributed by atoms with Crippen LogP contribution < -0.4 is 0 Å². The molecule has 98 valence electrons. The summed E-state index contributed by atoms with van der Waals surface area (Å²) in [5, 5.41) is 0.499. The van der Waals surface area contributed by atoms with Crippen molar-refractivity contribution in [2.24, 2.45) is 5.92 Å². The molecule has 0 fully saturated rings. The Morgan fingerprint density at radius 1 is 1.05 bits per heavy atom. The summed E-state index contributed by atoms with van der Waals surface area (Å²) in [7, 11) is 0. The van der Waals surface area contributed by atoms with Gasteiger partial charge in [0, 0.05) is 11.1 Å². The Kier molecular flexibility index (Phi) is 4.39. The number of hydrogen-bond acceptors (Lipinski definition) is 1. The second-order valence-corrected chi connectivity index (χ2v) is 5.51. The highest BCUT2D eigenvalue weighted by Gasteiger charge is 2.12. The number of rotatable bonds is 4. The zero-order valence-corrected chi connectivity index (χ0v) is 11.9. The van der Waals surface area contributed by atoms with Gasteiger partial charge in [0.2, 0.25) is 0 Å². The Morgan fingerprint density at radius 3 is 2.26 bits per heavy atom. The van der Waals surface area contributed by atoms with Crippen LogP contribution >= 0.6 is 11.6 Å². The van der Waals surface area contributed by atoms with E-state index in [1.807, 2.05) is 36.4 Å². The van der Waals surface area contributed by atoms with E-state index in [1.165, 1.54) is 5.56 Å². The van der Waals surface area contributed by atoms with Crippen molar-refractivity contribution >= 4 is 17.4 Å². The minimum Gasteiger partial charge on any atom is -0.289 e. The van der Waals surface area contributed by atoms with Crippen LogP contribution in [0.2, 0.25) is 5.02 Å². The molecule has 0 aliphatic carbocycles. The summed E-state index contributed by atoms with van der Waals surface area (Å²) >= 11 is 6.05. The van der Waals surface area contributed by atoms with E-state index in [9.17, 15) is 4.79 Å². The third kappa shape index (κ3) is 3.45. The van der Waals surface area contributed by atoms with Crippen LogP contribution in [-0.2, 0) is 6.42 Å². The fourth-order valence-electron chi connectivity index (χ4n) is 2.06. The molecule has 2 rings (SSSR count). The minimum absolute atomic E-state index is 0.0262. The van der Waals surface area contributed by atoms with Crippen LogP contribution in [0, 0.1) is 5.92 Å². The lowest BCUT2D eigenvalue weighted by Crippen LogP contribution is -2.02. The van der Waals surface area contributed by atoms with Crippen LogP contribution in [-0.4, -0.2) is 5.78 Å². The van der Waals surface area contributed by atoms with Crippen molar-refractivity contribution in [3.8, 4) is 0 Å².